The van der Waals surface area contributed by atoms with E-state index in [1.807, 2.05) is 0 Å². The van der Waals surface area contributed by atoms with Gasteiger partial charge in [-0.2, -0.15) is 13.2 Å². The summed E-state index contributed by atoms with van der Waals surface area (Å²) in [5.41, 5.74) is 0.420. The van der Waals surface area contributed by atoms with Crippen LogP contribution < -0.4 is 15.5 Å². The lowest BCUT2D eigenvalue weighted by molar-refractivity contribution is -0.137. The third-order valence-electron chi connectivity index (χ3n) is 5.32. The van der Waals surface area contributed by atoms with E-state index < -0.39 is 11.7 Å². The van der Waals surface area contributed by atoms with Crippen molar-refractivity contribution < 1.29 is 13.2 Å². The van der Waals surface area contributed by atoms with Crippen LogP contribution in [-0.2, 0) is 6.18 Å². The van der Waals surface area contributed by atoms with Crippen LogP contribution >= 0.6 is 11.6 Å². The number of fused-ring (bicyclic) bond motifs is 1. The van der Waals surface area contributed by atoms with E-state index >= 15 is 0 Å². The first-order chi connectivity index (χ1) is 16.4. The van der Waals surface area contributed by atoms with E-state index in [0.717, 1.165) is 49.9 Å². The molecule has 174 valence electrons. The zero-order valence-corrected chi connectivity index (χ0v) is 18.4. The Bertz CT molecular complexity index is 1340. The van der Waals surface area contributed by atoms with Gasteiger partial charge in [0.25, 0.3) is 0 Å². The topological polar surface area (TPSA) is 91.8 Å². The predicted octanol–water partition coefficient (Wildman–Crippen LogP) is 4.31. The monoisotopic (exact) mass is 486 g/mol. The average Bonchev–Trinajstić information content (AvgIpc) is 2.84. The molecule has 5 heterocycles. The first kappa shape index (κ1) is 22.2. The standard InChI is InChI=1S/C22H18ClF3N8/c23-15-11-28-12-16-19(15)21(34-7-5-27-6-8-34)33-20(31-16)13-1-3-29-17(9-13)32-18-10-14(2-4-30-18)22(24,25)26/h1-4,9-12,27H,5-8H2,(H,29,30,32). The molecule has 4 aromatic rings. The molecule has 0 saturated carbocycles. The van der Waals surface area contributed by atoms with Crippen LogP contribution in [0.25, 0.3) is 22.3 Å². The lowest BCUT2D eigenvalue weighted by Crippen LogP contribution is -2.44. The van der Waals surface area contributed by atoms with Crippen molar-refractivity contribution in [1.82, 2.24) is 30.2 Å². The lowest BCUT2D eigenvalue weighted by atomic mass is 10.2. The molecule has 0 atom stereocenters. The number of alkyl halides is 3. The zero-order valence-electron chi connectivity index (χ0n) is 17.6. The van der Waals surface area contributed by atoms with Gasteiger partial charge in [-0.1, -0.05) is 11.6 Å². The summed E-state index contributed by atoms with van der Waals surface area (Å²) in [5.74, 6) is 1.46. The largest absolute Gasteiger partial charge is 0.416 e. The number of anilines is 3. The highest BCUT2D eigenvalue weighted by Crippen LogP contribution is 2.33. The van der Waals surface area contributed by atoms with Gasteiger partial charge in [0.2, 0.25) is 0 Å². The summed E-state index contributed by atoms with van der Waals surface area (Å²) in [5, 5.41) is 7.32. The summed E-state index contributed by atoms with van der Waals surface area (Å²) in [6.45, 7) is 3.15. The number of piperazine rings is 1. The molecule has 0 radical (unpaired) electrons. The van der Waals surface area contributed by atoms with Crippen LogP contribution in [0.5, 0.6) is 0 Å². The SMILES string of the molecule is FC(F)(F)c1ccnc(Nc2cc(-c3nc(N4CCNCC4)c4c(Cl)cncc4n3)ccn2)c1. The normalized spacial score (nSPS) is 14.4. The van der Waals surface area contributed by atoms with Gasteiger partial charge in [-0.3, -0.25) is 4.98 Å². The highest BCUT2D eigenvalue weighted by molar-refractivity contribution is 6.36. The molecule has 1 aliphatic rings. The fraction of sp³-hybridized carbons (Fsp3) is 0.227. The number of aromatic nitrogens is 5. The Morgan fingerprint density at radius 2 is 1.71 bits per heavy atom. The first-order valence-corrected chi connectivity index (χ1v) is 10.8. The molecule has 0 aromatic carbocycles. The van der Waals surface area contributed by atoms with Gasteiger partial charge in [-0.05, 0) is 24.3 Å². The minimum atomic E-state index is -4.47. The van der Waals surface area contributed by atoms with Crippen molar-refractivity contribution in [3.05, 3.63) is 59.6 Å². The minimum absolute atomic E-state index is 0.0244. The van der Waals surface area contributed by atoms with Gasteiger partial charge in [0.05, 0.1) is 27.7 Å². The highest BCUT2D eigenvalue weighted by atomic mass is 35.5. The Hall–Kier alpha value is -3.57. The van der Waals surface area contributed by atoms with Crippen LogP contribution in [0, 0.1) is 0 Å². The van der Waals surface area contributed by atoms with Crippen molar-refractivity contribution in [2.45, 2.75) is 6.18 Å². The maximum absolute atomic E-state index is 13.0. The van der Waals surface area contributed by atoms with E-state index in [4.69, 9.17) is 16.6 Å². The molecule has 12 heteroatoms. The Morgan fingerprint density at radius 1 is 0.971 bits per heavy atom. The fourth-order valence-corrected chi connectivity index (χ4v) is 3.94. The molecule has 0 bridgehead atoms. The second-order valence-electron chi connectivity index (χ2n) is 7.61. The Labute approximate surface area is 197 Å². The van der Waals surface area contributed by atoms with E-state index in [1.165, 1.54) is 6.20 Å². The quantitative estimate of drug-likeness (QED) is 0.441. The molecular weight excluding hydrogens is 469 g/mol. The van der Waals surface area contributed by atoms with Crippen LogP contribution in [0.1, 0.15) is 5.56 Å². The van der Waals surface area contributed by atoms with Crippen molar-refractivity contribution in [1.29, 1.82) is 0 Å². The van der Waals surface area contributed by atoms with Gasteiger partial charge < -0.3 is 15.5 Å². The number of hydrogen-bond acceptors (Lipinski definition) is 8. The number of nitrogens with zero attached hydrogens (tertiary/aromatic N) is 6. The lowest BCUT2D eigenvalue weighted by Gasteiger charge is -2.29. The Kier molecular flexibility index (Phi) is 5.88. The molecule has 1 fully saturated rings. The molecule has 2 N–H and O–H groups in total. The highest BCUT2D eigenvalue weighted by Gasteiger charge is 2.30. The van der Waals surface area contributed by atoms with Crippen LogP contribution in [0.3, 0.4) is 0 Å². The van der Waals surface area contributed by atoms with E-state index in [-0.39, 0.29) is 5.82 Å². The van der Waals surface area contributed by atoms with Crippen molar-refractivity contribution in [2.24, 2.45) is 0 Å². The minimum Gasteiger partial charge on any atom is -0.353 e. The Balaban J connectivity index is 1.53. The summed E-state index contributed by atoms with van der Waals surface area (Å²) in [4.78, 5) is 23.9. The zero-order chi connectivity index (χ0) is 23.7. The molecule has 1 aliphatic heterocycles. The molecule has 5 rings (SSSR count). The summed E-state index contributed by atoms with van der Waals surface area (Å²) in [6.07, 6.45) is 1.35. The molecule has 0 unspecified atom stereocenters. The van der Waals surface area contributed by atoms with Crippen molar-refractivity contribution in [3.8, 4) is 11.4 Å². The number of rotatable bonds is 4. The summed E-state index contributed by atoms with van der Waals surface area (Å²) < 4.78 is 39.1. The second-order valence-corrected chi connectivity index (χ2v) is 8.01. The first-order valence-electron chi connectivity index (χ1n) is 10.4. The number of hydrogen-bond donors (Lipinski definition) is 2. The van der Waals surface area contributed by atoms with Crippen LogP contribution in [0.2, 0.25) is 5.02 Å². The third kappa shape index (κ3) is 4.57. The van der Waals surface area contributed by atoms with E-state index in [1.54, 1.807) is 24.5 Å². The molecule has 4 aromatic heterocycles. The van der Waals surface area contributed by atoms with Gasteiger partial charge >= 0.3 is 6.18 Å². The third-order valence-corrected chi connectivity index (χ3v) is 5.61. The van der Waals surface area contributed by atoms with Gasteiger partial charge in [0.15, 0.2) is 5.82 Å². The summed E-state index contributed by atoms with van der Waals surface area (Å²) in [7, 11) is 0. The molecular formula is C22H18ClF3N8. The average molecular weight is 487 g/mol. The second kappa shape index (κ2) is 8.99. The van der Waals surface area contributed by atoms with E-state index in [0.29, 0.717) is 33.6 Å². The predicted molar refractivity (Wildman–Crippen MR) is 123 cm³/mol. The molecule has 0 amide bonds. The smallest absolute Gasteiger partial charge is 0.353 e. The van der Waals surface area contributed by atoms with Crippen LogP contribution in [-0.4, -0.2) is 51.1 Å². The van der Waals surface area contributed by atoms with Gasteiger partial charge in [0.1, 0.15) is 17.5 Å². The van der Waals surface area contributed by atoms with Crippen LogP contribution in [0.15, 0.2) is 49.1 Å². The van der Waals surface area contributed by atoms with Crippen molar-refractivity contribution in [3.63, 3.8) is 0 Å². The molecule has 0 aliphatic carbocycles. The van der Waals surface area contributed by atoms with Gasteiger partial charge in [-0.25, -0.2) is 19.9 Å². The maximum atomic E-state index is 13.0. The number of nitrogens with one attached hydrogen (secondary N) is 2. The van der Waals surface area contributed by atoms with E-state index in [9.17, 15) is 13.2 Å². The number of halogens is 4. The molecule has 8 nitrogen and oxygen atoms in total. The molecule has 0 spiro atoms. The van der Waals surface area contributed by atoms with Gasteiger partial charge in [0, 0.05) is 50.3 Å². The Morgan fingerprint density at radius 3 is 2.47 bits per heavy atom. The summed E-state index contributed by atoms with van der Waals surface area (Å²) >= 11 is 6.45. The van der Waals surface area contributed by atoms with Crippen LogP contribution in [0.4, 0.5) is 30.6 Å². The van der Waals surface area contributed by atoms with Crippen molar-refractivity contribution in [2.75, 3.05) is 36.4 Å². The number of pyridine rings is 3. The maximum Gasteiger partial charge on any atom is 0.416 e. The fourth-order valence-electron chi connectivity index (χ4n) is 3.71. The molecule has 34 heavy (non-hydrogen) atoms. The summed E-state index contributed by atoms with van der Waals surface area (Å²) in [6, 6.07) is 5.22. The van der Waals surface area contributed by atoms with E-state index in [2.05, 4.69) is 35.5 Å². The molecule has 1 saturated heterocycles. The van der Waals surface area contributed by atoms with Crippen molar-refractivity contribution >= 4 is 40.0 Å². The van der Waals surface area contributed by atoms with Gasteiger partial charge in [-0.15, -0.1) is 0 Å².